The van der Waals surface area contributed by atoms with Gasteiger partial charge in [-0.15, -0.1) is 18.2 Å². The van der Waals surface area contributed by atoms with E-state index in [0.29, 0.717) is 0 Å². The van der Waals surface area contributed by atoms with Gasteiger partial charge in [-0.05, 0) is 12.8 Å². The van der Waals surface area contributed by atoms with Crippen LogP contribution in [-0.4, -0.2) is 14.1 Å². The normalized spacial score (nSPS) is 9.64. The van der Waals surface area contributed by atoms with Crippen LogP contribution >= 0.6 is 0 Å². The van der Waals surface area contributed by atoms with Crippen LogP contribution in [0, 0.1) is 0 Å². The summed E-state index contributed by atoms with van der Waals surface area (Å²) in [4.78, 5) is 0. The first-order valence-corrected chi connectivity index (χ1v) is 8.01. The molecule has 0 bridgehead atoms. The highest BCUT2D eigenvalue weighted by Crippen LogP contribution is 2.07. The molecule has 0 amide bonds. The van der Waals surface area contributed by atoms with Gasteiger partial charge in [0.05, 0.1) is 0 Å². The number of allylic oxidation sites excluding steroid dienone is 1. The second-order valence-electron chi connectivity index (χ2n) is 3.67. The molecule has 0 saturated carbocycles. The van der Waals surface area contributed by atoms with Crippen LogP contribution in [-0.2, 0) is 0 Å². The minimum Gasteiger partial charge on any atom is -0.106 e. The zero-order valence-electron chi connectivity index (χ0n) is 8.10. The van der Waals surface area contributed by atoms with Crippen LogP contribution in [0.3, 0.4) is 0 Å². The molecule has 64 valence electrons. The summed E-state index contributed by atoms with van der Waals surface area (Å²) in [7, 11) is 0. The van der Waals surface area contributed by atoms with Crippen LogP contribution in [0.1, 0.15) is 32.1 Å². The Morgan fingerprint density at radius 1 is 1.09 bits per heavy atom. The lowest BCUT2D eigenvalue weighted by atomic mass is 10.1. The van der Waals surface area contributed by atoms with Crippen molar-refractivity contribution >= 4 is 14.1 Å². The summed E-state index contributed by atoms with van der Waals surface area (Å²) in [6.45, 7) is 3.71. The van der Waals surface area contributed by atoms with E-state index in [1.165, 1.54) is 37.4 Å². The predicted octanol–water partition coefficient (Wildman–Crippen LogP) is 3.88. The van der Waals surface area contributed by atoms with E-state index in [9.17, 15) is 0 Å². The molecular formula is C10H21Al. The predicted molar refractivity (Wildman–Crippen MR) is 55.6 cm³/mol. The van der Waals surface area contributed by atoms with Gasteiger partial charge in [0.2, 0.25) is 0 Å². The monoisotopic (exact) mass is 168 g/mol. The fraction of sp³-hybridized carbons (Fsp3) is 0.800. The van der Waals surface area contributed by atoms with Crippen molar-refractivity contribution in [1.82, 2.24) is 0 Å². The van der Waals surface area contributed by atoms with Crippen molar-refractivity contribution in [3.05, 3.63) is 12.7 Å². The molecule has 0 rings (SSSR count). The lowest BCUT2D eigenvalue weighted by Crippen LogP contribution is -1.97. The number of hydrogen-bond acceptors (Lipinski definition) is 0. The molecule has 0 saturated heterocycles. The topological polar surface area (TPSA) is 0 Å². The maximum absolute atomic E-state index is 3.71. The van der Waals surface area contributed by atoms with Gasteiger partial charge >= 0.3 is 0 Å². The average Bonchev–Trinajstić information content (AvgIpc) is 1.96. The summed E-state index contributed by atoms with van der Waals surface area (Å²) < 4.78 is 0. The molecule has 0 aliphatic heterocycles. The van der Waals surface area contributed by atoms with Gasteiger partial charge in [0.25, 0.3) is 14.1 Å². The van der Waals surface area contributed by atoms with Gasteiger partial charge in [0, 0.05) is 0 Å². The first kappa shape index (κ1) is 11.3. The second-order valence-corrected chi connectivity index (χ2v) is 7.04. The van der Waals surface area contributed by atoms with Crippen molar-refractivity contribution in [3.63, 3.8) is 0 Å². The molecule has 0 aromatic rings. The molecule has 0 unspecified atom stereocenters. The summed E-state index contributed by atoms with van der Waals surface area (Å²) in [5.74, 6) is 4.87. The van der Waals surface area contributed by atoms with E-state index in [1.54, 1.807) is 0 Å². The van der Waals surface area contributed by atoms with Gasteiger partial charge in [-0.3, -0.25) is 0 Å². The maximum Gasteiger partial charge on any atom is 0.255 e. The zero-order valence-corrected chi connectivity index (χ0v) is 9.26. The molecule has 0 fully saturated rings. The zero-order chi connectivity index (χ0) is 8.53. The molecule has 0 aliphatic carbocycles. The third-order valence-electron chi connectivity index (χ3n) is 1.94. The Labute approximate surface area is 76.1 Å². The number of unbranched alkanes of at least 4 members (excludes halogenated alkanes) is 4. The molecule has 0 aromatic heterocycles. The molecule has 0 radical (unpaired) electrons. The lowest BCUT2D eigenvalue weighted by molar-refractivity contribution is 0.672. The third kappa shape index (κ3) is 10.3. The average molecular weight is 168 g/mol. The molecule has 0 aromatic carbocycles. The molecule has 0 heterocycles. The summed E-state index contributed by atoms with van der Waals surface area (Å²) >= 11 is -0.249. The van der Waals surface area contributed by atoms with E-state index in [1.807, 2.05) is 6.08 Å². The van der Waals surface area contributed by atoms with E-state index in [-0.39, 0.29) is 14.1 Å². The first-order chi connectivity index (χ1) is 5.27. The van der Waals surface area contributed by atoms with Gasteiger partial charge < -0.3 is 0 Å². The second kappa shape index (κ2) is 8.37. The van der Waals surface area contributed by atoms with Crippen molar-refractivity contribution in [1.29, 1.82) is 0 Å². The van der Waals surface area contributed by atoms with Crippen LogP contribution in [0.25, 0.3) is 0 Å². The van der Waals surface area contributed by atoms with Crippen molar-refractivity contribution in [3.8, 4) is 0 Å². The Morgan fingerprint density at radius 2 is 1.73 bits per heavy atom. The summed E-state index contributed by atoms with van der Waals surface area (Å²) in [5.41, 5.74) is 0. The first-order valence-electron chi connectivity index (χ1n) is 4.88. The third-order valence-corrected chi connectivity index (χ3v) is 3.50. The Morgan fingerprint density at radius 3 is 2.27 bits per heavy atom. The van der Waals surface area contributed by atoms with Crippen molar-refractivity contribution in [2.24, 2.45) is 0 Å². The van der Waals surface area contributed by atoms with E-state index in [2.05, 4.69) is 18.2 Å². The molecule has 11 heavy (non-hydrogen) atoms. The Hall–Kier alpha value is 0.272. The molecule has 0 N–H and O–H groups in total. The standard InChI is InChI=1S/C8H15.2CH3.Al/c1-3-5-7-8-6-4-2;;;/h3H,1-2,4-8H2;2*1H3;. The van der Waals surface area contributed by atoms with Crippen LogP contribution in [0.4, 0.5) is 0 Å². The smallest absolute Gasteiger partial charge is 0.106 e. The molecule has 0 nitrogen and oxygen atoms in total. The summed E-state index contributed by atoms with van der Waals surface area (Å²) in [5, 5.41) is 1.54. The molecule has 0 aliphatic rings. The van der Waals surface area contributed by atoms with Crippen LogP contribution < -0.4 is 0 Å². The minimum atomic E-state index is -0.249. The lowest BCUT2D eigenvalue weighted by Gasteiger charge is -1.99. The Bertz CT molecular complexity index is 86.9. The Balaban J connectivity index is 2.85. The van der Waals surface area contributed by atoms with Crippen LogP contribution in [0.5, 0.6) is 0 Å². The number of rotatable bonds is 7. The van der Waals surface area contributed by atoms with Crippen LogP contribution in [0.2, 0.25) is 16.9 Å². The summed E-state index contributed by atoms with van der Waals surface area (Å²) in [6.07, 6.45) is 8.91. The van der Waals surface area contributed by atoms with E-state index >= 15 is 0 Å². The molecular weight excluding hydrogens is 147 g/mol. The van der Waals surface area contributed by atoms with Gasteiger partial charge in [0.1, 0.15) is 0 Å². The fourth-order valence-corrected chi connectivity index (χ4v) is 2.30. The maximum atomic E-state index is 3.71. The van der Waals surface area contributed by atoms with Crippen LogP contribution in [0.15, 0.2) is 12.7 Å². The van der Waals surface area contributed by atoms with Gasteiger partial charge in [-0.1, -0.05) is 30.6 Å². The molecule has 0 spiro atoms. The van der Waals surface area contributed by atoms with E-state index in [0.717, 1.165) is 0 Å². The van der Waals surface area contributed by atoms with Gasteiger partial charge in [-0.25, -0.2) is 0 Å². The SMILES string of the molecule is C=CCCCCC[CH2][Al]([CH3])[CH3]. The highest BCUT2D eigenvalue weighted by Gasteiger charge is 1.99. The Kier molecular flexibility index (Phi) is 8.58. The van der Waals surface area contributed by atoms with Crippen molar-refractivity contribution in [2.75, 3.05) is 0 Å². The molecule has 0 atom stereocenters. The minimum absolute atomic E-state index is 0.249. The van der Waals surface area contributed by atoms with Crippen molar-refractivity contribution < 1.29 is 0 Å². The highest BCUT2D eigenvalue weighted by atomic mass is 27.2. The molecule has 1 heteroatoms. The van der Waals surface area contributed by atoms with Gasteiger partial charge in [-0.2, -0.15) is 0 Å². The summed E-state index contributed by atoms with van der Waals surface area (Å²) in [6, 6.07) is 0. The van der Waals surface area contributed by atoms with Gasteiger partial charge in [0.15, 0.2) is 0 Å². The fourth-order valence-electron chi connectivity index (χ4n) is 1.19. The van der Waals surface area contributed by atoms with Crippen molar-refractivity contribution in [2.45, 2.75) is 49.0 Å². The highest BCUT2D eigenvalue weighted by molar-refractivity contribution is 6.55. The number of hydrogen-bond donors (Lipinski definition) is 0. The largest absolute Gasteiger partial charge is 0.255 e. The van der Waals surface area contributed by atoms with E-state index in [4.69, 9.17) is 0 Å². The van der Waals surface area contributed by atoms with E-state index < -0.39 is 0 Å². The quantitative estimate of drug-likeness (QED) is 0.307.